The summed E-state index contributed by atoms with van der Waals surface area (Å²) in [5.41, 5.74) is 7.55. The number of benzene rings is 2. The van der Waals surface area contributed by atoms with Crippen LogP contribution in [0.5, 0.6) is 0 Å². The van der Waals surface area contributed by atoms with E-state index < -0.39 is 0 Å². The smallest absolute Gasteiger partial charge is 0.124 e. The Bertz CT molecular complexity index is 1210. The van der Waals surface area contributed by atoms with E-state index in [1.807, 2.05) is 13.2 Å². The molecule has 1 aliphatic rings. The van der Waals surface area contributed by atoms with Gasteiger partial charge in [-0.1, -0.05) is 42.5 Å². The zero-order chi connectivity index (χ0) is 21.9. The quantitative estimate of drug-likeness (QED) is 0.466. The summed E-state index contributed by atoms with van der Waals surface area (Å²) >= 11 is 0. The Morgan fingerprint density at radius 2 is 1.84 bits per heavy atom. The maximum absolute atomic E-state index is 5.06. The molecule has 1 aliphatic carbocycles. The van der Waals surface area contributed by atoms with Gasteiger partial charge in [0.05, 0.1) is 29.3 Å². The summed E-state index contributed by atoms with van der Waals surface area (Å²) in [6.07, 6.45) is 5.42. The van der Waals surface area contributed by atoms with Gasteiger partial charge in [0.15, 0.2) is 0 Å². The van der Waals surface area contributed by atoms with Crippen LogP contribution in [0.15, 0.2) is 66.9 Å². The molecule has 1 N–H and O–H groups in total. The molecule has 0 saturated heterocycles. The molecule has 0 saturated carbocycles. The number of para-hydroxylation sites is 2. The topological polar surface area (TPSA) is 46.0 Å². The van der Waals surface area contributed by atoms with Crippen molar-refractivity contribution < 1.29 is 0 Å². The number of hydrogen-bond acceptors (Lipinski definition) is 4. The molecule has 0 aliphatic heterocycles. The lowest BCUT2D eigenvalue weighted by molar-refractivity contribution is 0.202. The first kappa shape index (κ1) is 20.9. The first-order chi connectivity index (χ1) is 15.7. The van der Waals surface area contributed by atoms with E-state index in [1.165, 1.54) is 34.3 Å². The van der Waals surface area contributed by atoms with Crippen LogP contribution in [0.1, 0.15) is 47.1 Å². The number of aryl methyl sites for hydroxylation is 1. The Labute approximate surface area is 190 Å². The highest BCUT2D eigenvalue weighted by atomic mass is 15.2. The van der Waals surface area contributed by atoms with Crippen molar-refractivity contribution in [2.75, 3.05) is 14.1 Å². The number of aromatic nitrogens is 3. The summed E-state index contributed by atoms with van der Waals surface area (Å²) in [6, 6.07) is 21.8. The van der Waals surface area contributed by atoms with Crippen LogP contribution in [0.25, 0.3) is 11.0 Å². The summed E-state index contributed by atoms with van der Waals surface area (Å²) in [7, 11) is 4.22. The molecule has 2 aromatic heterocycles. The molecule has 32 heavy (non-hydrogen) atoms. The lowest BCUT2D eigenvalue weighted by Crippen LogP contribution is -2.29. The molecule has 2 aromatic carbocycles. The lowest BCUT2D eigenvalue weighted by Gasteiger charge is -2.32. The minimum absolute atomic E-state index is 0.338. The van der Waals surface area contributed by atoms with Crippen LogP contribution in [0.4, 0.5) is 0 Å². The number of rotatable bonds is 7. The van der Waals surface area contributed by atoms with E-state index in [2.05, 4.69) is 82.5 Å². The predicted octanol–water partition coefficient (Wildman–Crippen LogP) is 4.71. The number of hydrogen-bond donors (Lipinski definition) is 1. The number of pyridine rings is 1. The fraction of sp³-hybridized carbons (Fsp3) is 0.333. The van der Waals surface area contributed by atoms with Crippen molar-refractivity contribution in [1.29, 1.82) is 0 Å². The average molecular weight is 426 g/mol. The van der Waals surface area contributed by atoms with Gasteiger partial charge in [0.1, 0.15) is 5.82 Å². The molecule has 1 atom stereocenters. The minimum Gasteiger partial charge on any atom is -0.322 e. The second-order valence-electron chi connectivity index (χ2n) is 8.77. The molecular weight excluding hydrogens is 394 g/mol. The van der Waals surface area contributed by atoms with E-state index in [0.29, 0.717) is 6.04 Å². The van der Waals surface area contributed by atoms with Crippen molar-refractivity contribution in [1.82, 2.24) is 24.8 Å². The SMILES string of the molecule is CNCc1ccccc1Cn1c(CN(C)C2CCCc3cccnc32)nc2ccccc21. The van der Waals surface area contributed by atoms with Gasteiger partial charge in [0.25, 0.3) is 0 Å². The van der Waals surface area contributed by atoms with E-state index >= 15 is 0 Å². The molecule has 5 heteroatoms. The third-order valence-electron chi connectivity index (χ3n) is 6.64. The summed E-state index contributed by atoms with van der Waals surface area (Å²) < 4.78 is 2.39. The molecule has 1 unspecified atom stereocenters. The average Bonchev–Trinajstić information content (AvgIpc) is 3.17. The van der Waals surface area contributed by atoms with Gasteiger partial charge < -0.3 is 9.88 Å². The first-order valence-electron chi connectivity index (χ1n) is 11.5. The minimum atomic E-state index is 0.338. The highest BCUT2D eigenvalue weighted by Gasteiger charge is 2.26. The van der Waals surface area contributed by atoms with Crippen molar-refractivity contribution in [2.45, 2.75) is 44.9 Å². The normalized spacial score (nSPS) is 15.9. The van der Waals surface area contributed by atoms with Crippen LogP contribution in [0.2, 0.25) is 0 Å². The Kier molecular flexibility index (Phi) is 6.02. The van der Waals surface area contributed by atoms with Crippen molar-refractivity contribution in [2.24, 2.45) is 0 Å². The Balaban J connectivity index is 1.49. The van der Waals surface area contributed by atoms with Crippen LogP contribution in [0, 0.1) is 0 Å². The molecule has 164 valence electrons. The van der Waals surface area contributed by atoms with Crippen LogP contribution < -0.4 is 5.32 Å². The van der Waals surface area contributed by atoms with E-state index in [9.17, 15) is 0 Å². The molecule has 0 fully saturated rings. The molecule has 4 aromatic rings. The Hall–Kier alpha value is -3.02. The van der Waals surface area contributed by atoms with Gasteiger partial charge in [-0.3, -0.25) is 9.88 Å². The molecule has 5 nitrogen and oxygen atoms in total. The van der Waals surface area contributed by atoms with Crippen molar-refractivity contribution in [3.05, 3.63) is 95.1 Å². The van der Waals surface area contributed by atoms with Crippen LogP contribution >= 0.6 is 0 Å². The molecule has 2 heterocycles. The highest BCUT2D eigenvalue weighted by Crippen LogP contribution is 2.33. The highest BCUT2D eigenvalue weighted by molar-refractivity contribution is 5.76. The molecule has 5 rings (SSSR count). The molecular formula is C27H31N5. The third-order valence-corrected chi connectivity index (χ3v) is 6.64. The second-order valence-corrected chi connectivity index (χ2v) is 8.77. The van der Waals surface area contributed by atoms with Crippen LogP contribution in [-0.4, -0.2) is 33.5 Å². The molecule has 0 amide bonds. The maximum Gasteiger partial charge on any atom is 0.124 e. The van der Waals surface area contributed by atoms with Crippen LogP contribution in [0.3, 0.4) is 0 Å². The summed E-state index contributed by atoms with van der Waals surface area (Å²) in [4.78, 5) is 12.2. The predicted molar refractivity (Wildman–Crippen MR) is 129 cm³/mol. The van der Waals surface area contributed by atoms with Gasteiger partial charge in [-0.15, -0.1) is 0 Å². The third kappa shape index (κ3) is 4.06. The zero-order valence-electron chi connectivity index (χ0n) is 19.0. The van der Waals surface area contributed by atoms with E-state index in [0.717, 1.165) is 43.8 Å². The zero-order valence-corrected chi connectivity index (χ0v) is 19.0. The lowest BCUT2D eigenvalue weighted by atomic mass is 9.91. The van der Waals surface area contributed by atoms with Gasteiger partial charge in [-0.2, -0.15) is 0 Å². The largest absolute Gasteiger partial charge is 0.322 e. The number of nitrogens with one attached hydrogen (secondary N) is 1. The molecule has 0 bridgehead atoms. The van der Waals surface area contributed by atoms with E-state index in [1.54, 1.807) is 0 Å². The van der Waals surface area contributed by atoms with Crippen molar-refractivity contribution in [3.63, 3.8) is 0 Å². The van der Waals surface area contributed by atoms with Gasteiger partial charge in [0, 0.05) is 19.3 Å². The van der Waals surface area contributed by atoms with Gasteiger partial charge in [-0.25, -0.2) is 4.98 Å². The first-order valence-corrected chi connectivity index (χ1v) is 11.5. The number of imidazole rings is 1. The van der Waals surface area contributed by atoms with Gasteiger partial charge in [0.2, 0.25) is 0 Å². The Morgan fingerprint density at radius 3 is 2.72 bits per heavy atom. The summed E-state index contributed by atoms with van der Waals surface area (Å²) in [6.45, 7) is 2.48. The maximum atomic E-state index is 5.06. The van der Waals surface area contributed by atoms with Gasteiger partial charge >= 0.3 is 0 Å². The van der Waals surface area contributed by atoms with E-state index in [4.69, 9.17) is 9.97 Å². The number of nitrogens with zero attached hydrogens (tertiary/aromatic N) is 4. The second kappa shape index (κ2) is 9.23. The van der Waals surface area contributed by atoms with Crippen molar-refractivity contribution in [3.8, 4) is 0 Å². The summed E-state index contributed by atoms with van der Waals surface area (Å²) in [5, 5.41) is 3.30. The van der Waals surface area contributed by atoms with Crippen molar-refractivity contribution >= 4 is 11.0 Å². The molecule has 0 spiro atoms. The van der Waals surface area contributed by atoms with Crippen LogP contribution in [-0.2, 0) is 26.1 Å². The fourth-order valence-corrected chi connectivity index (χ4v) is 5.01. The van der Waals surface area contributed by atoms with E-state index in [-0.39, 0.29) is 0 Å². The fourth-order valence-electron chi connectivity index (χ4n) is 5.01. The Morgan fingerprint density at radius 1 is 1.03 bits per heavy atom. The standard InChI is InChI=1S/C27H31N5/c1-28-17-21-9-3-4-10-22(21)18-32-24-14-6-5-13-23(24)30-26(32)19-31(2)25-15-7-11-20-12-8-16-29-27(20)25/h3-6,8-10,12-14,16,25,28H,7,11,15,17-19H2,1-2H3. The monoisotopic (exact) mass is 425 g/mol. The van der Waals surface area contributed by atoms with Gasteiger partial charge in [-0.05, 0) is 68.2 Å². The number of fused-ring (bicyclic) bond motifs is 2. The molecule has 0 radical (unpaired) electrons. The summed E-state index contributed by atoms with van der Waals surface area (Å²) in [5.74, 6) is 1.11.